The van der Waals surface area contributed by atoms with Gasteiger partial charge in [-0.3, -0.25) is 14.3 Å². The Hall–Kier alpha value is -3.48. The molecule has 1 N–H and O–H groups in total. The molecule has 0 bridgehead atoms. The fraction of sp³-hybridized carbons (Fsp3) is 0.292. The fourth-order valence-corrected chi connectivity index (χ4v) is 3.93. The van der Waals surface area contributed by atoms with Crippen LogP contribution in [-0.4, -0.2) is 39.6 Å². The topological polar surface area (TPSA) is 67.2 Å². The van der Waals surface area contributed by atoms with E-state index in [1.54, 1.807) is 21.7 Å². The Balaban J connectivity index is 1.43. The highest BCUT2D eigenvalue weighted by atomic mass is 19.1. The minimum absolute atomic E-state index is 0.00943. The second-order valence-corrected chi connectivity index (χ2v) is 7.87. The van der Waals surface area contributed by atoms with Gasteiger partial charge in [0.25, 0.3) is 0 Å². The van der Waals surface area contributed by atoms with Crippen LogP contribution in [0.4, 0.5) is 4.39 Å². The predicted molar refractivity (Wildman–Crippen MR) is 115 cm³/mol. The van der Waals surface area contributed by atoms with Crippen molar-refractivity contribution < 1.29 is 14.0 Å². The van der Waals surface area contributed by atoms with Gasteiger partial charge >= 0.3 is 0 Å². The zero-order chi connectivity index (χ0) is 21.8. The first kappa shape index (κ1) is 20.8. The van der Waals surface area contributed by atoms with Gasteiger partial charge in [-0.25, -0.2) is 4.39 Å². The Kier molecular flexibility index (Phi) is 6.11. The molecule has 4 rings (SSSR count). The van der Waals surface area contributed by atoms with Gasteiger partial charge in [0.1, 0.15) is 5.82 Å². The summed E-state index contributed by atoms with van der Waals surface area (Å²) in [5, 5.41) is 7.44. The van der Waals surface area contributed by atoms with Gasteiger partial charge in [0.15, 0.2) is 0 Å². The molecule has 1 aliphatic heterocycles. The maximum Gasteiger partial charge on any atom is 0.231 e. The minimum atomic E-state index is -0.516. The molecule has 2 heterocycles. The van der Waals surface area contributed by atoms with E-state index in [0.717, 1.165) is 22.4 Å². The zero-order valence-corrected chi connectivity index (χ0v) is 17.4. The van der Waals surface area contributed by atoms with E-state index in [1.165, 1.54) is 12.1 Å². The lowest BCUT2D eigenvalue weighted by atomic mass is 9.95. The Morgan fingerprint density at radius 3 is 2.58 bits per heavy atom. The van der Waals surface area contributed by atoms with E-state index < -0.39 is 5.92 Å². The summed E-state index contributed by atoms with van der Waals surface area (Å²) in [4.78, 5) is 27.6. The van der Waals surface area contributed by atoms with Crippen LogP contribution >= 0.6 is 0 Å². The molecule has 2 aromatic carbocycles. The zero-order valence-electron chi connectivity index (χ0n) is 17.4. The number of rotatable bonds is 6. The SMILES string of the molecule is Cn1cc2c(n1)C(C(=O)NCCc1ccc(F)cc1)CN(C(=O)Cc1ccccc1)C2. The van der Waals surface area contributed by atoms with Gasteiger partial charge in [-0.05, 0) is 29.7 Å². The molecule has 7 heteroatoms. The normalized spacial score (nSPS) is 15.4. The number of carbonyl (C=O) groups is 2. The van der Waals surface area contributed by atoms with Crippen molar-refractivity contribution in [2.24, 2.45) is 7.05 Å². The van der Waals surface area contributed by atoms with Crippen LogP contribution in [0.25, 0.3) is 0 Å². The average Bonchev–Trinajstić information content (AvgIpc) is 3.15. The lowest BCUT2D eigenvalue weighted by Crippen LogP contribution is -2.44. The molecule has 0 fully saturated rings. The number of benzene rings is 2. The summed E-state index contributed by atoms with van der Waals surface area (Å²) in [6, 6.07) is 15.8. The Labute approximate surface area is 180 Å². The first-order valence-electron chi connectivity index (χ1n) is 10.4. The molecule has 0 radical (unpaired) electrons. The van der Waals surface area contributed by atoms with Crippen LogP contribution in [0.15, 0.2) is 60.8 Å². The number of aromatic nitrogens is 2. The van der Waals surface area contributed by atoms with Crippen molar-refractivity contribution in [2.45, 2.75) is 25.3 Å². The van der Waals surface area contributed by atoms with Crippen LogP contribution < -0.4 is 5.32 Å². The molecule has 3 aromatic rings. The van der Waals surface area contributed by atoms with Gasteiger partial charge in [-0.1, -0.05) is 42.5 Å². The Morgan fingerprint density at radius 1 is 1.10 bits per heavy atom. The van der Waals surface area contributed by atoms with E-state index in [0.29, 0.717) is 32.5 Å². The van der Waals surface area contributed by atoms with Gasteiger partial charge in [-0.15, -0.1) is 0 Å². The second kappa shape index (κ2) is 9.12. The van der Waals surface area contributed by atoms with E-state index >= 15 is 0 Å². The molecule has 1 unspecified atom stereocenters. The van der Waals surface area contributed by atoms with Gasteiger partial charge in [-0.2, -0.15) is 5.10 Å². The highest BCUT2D eigenvalue weighted by Crippen LogP contribution is 2.28. The molecular weight excluding hydrogens is 395 g/mol. The number of nitrogens with one attached hydrogen (secondary N) is 1. The standard InChI is InChI=1S/C24H25FN4O2/c1-28-14-19-15-29(22(30)13-18-5-3-2-4-6-18)16-21(23(19)27-28)24(31)26-12-11-17-7-9-20(25)10-8-17/h2-10,14,21H,11-13,15-16H2,1H3,(H,26,31). The summed E-state index contributed by atoms with van der Waals surface area (Å²) >= 11 is 0. The third kappa shape index (κ3) is 4.99. The molecule has 2 amide bonds. The predicted octanol–water partition coefficient (Wildman–Crippen LogP) is 2.59. The van der Waals surface area contributed by atoms with Crippen molar-refractivity contribution >= 4 is 11.8 Å². The number of carbonyl (C=O) groups excluding carboxylic acids is 2. The van der Waals surface area contributed by atoms with Crippen LogP contribution in [0.2, 0.25) is 0 Å². The molecule has 1 aliphatic rings. The van der Waals surface area contributed by atoms with Crippen molar-refractivity contribution in [1.82, 2.24) is 20.0 Å². The summed E-state index contributed by atoms with van der Waals surface area (Å²) < 4.78 is 14.7. The van der Waals surface area contributed by atoms with Crippen LogP contribution in [0.5, 0.6) is 0 Å². The molecule has 6 nitrogen and oxygen atoms in total. The van der Waals surface area contributed by atoms with Crippen molar-refractivity contribution in [2.75, 3.05) is 13.1 Å². The van der Waals surface area contributed by atoms with Gasteiger partial charge in [0, 0.05) is 38.4 Å². The number of fused-ring (bicyclic) bond motifs is 1. The highest BCUT2D eigenvalue weighted by Gasteiger charge is 2.35. The molecular formula is C24H25FN4O2. The summed E-state index contributed by atoms with van der Waals surface area (Å²) in [5.74, 6) is -0.958. The van der Waals surface area contributed by atoms with Crippen LogP contribution in [0.1, 0.15) is 28.3 Å². The molecule has 0 saturated heterocycles. The van der Waals surface area contributed by atoms with Crippen LogP contribution in [-0.2, 0) is 36.0 Å². The van der Waals surface area contributed by atoms with Gasteiger partial charge in [0.2, 0.25) is 11.8 Å². The number of hydrogen-bond donors (Lipinski definition) is 1. The van der Waals surface area contributed by atoms with Crippen molar-refractivity contribution in [3.63, 3.8) is 0 Å². The third-order valence-electron chi connectivity index (χ3n) is 5.52. The Morgan fingerprint density at radius 2 is 1.84 bits per heavy atom. The van der Waals surface area contributed by atoms with E-state index in [4.69, 9.17) is 0 Å². The van der Waals surface area contributed by atoms with Crippen molar-refractivity contribution in [3.05, 3.63) is 89.0 Å². The van der Waals surface area contributed by atoms with Gasteiger partial charge < -0.3 is 10.2 Å². The van der Waals surface area contributed by atoms with Crippen molar-refractivity contribution in [1.29, 1.82) is 0 Å². The Bertz CT molecular complexity index is 1060. The quantitative estimate of drug-likeness (QED) is 0.667. The number of aryl methyl sites for hydroxylation is 1. The minimum Gasteiger partial charge on any atom is -0.355 e. The lowest BCUT2D eigenvalue weighted by molar-refractivity contribution is -0.133. The van der Waals surface area contributed by atoms with E-state index in [1.807, 2.05) is 43.6 Å². The molecule has 1 atom stereocenters. The molecule has 0 aliphatic carbocycles. The summed E-state index contributed by atoms with van der Waals surface area (Å²) in [6.07, 6.45) is 2.77. The van der Waals surface area contributed by atoms with E-state index in [9.17, 15) is 14.0 Å². The van der Waals surface area contributed by atoms with Crippen LogP contribution in [0, 0.1) is 5.82 Å². The first-order chi connectivity index (χ1) is 15.0. The van der Waals surface area contributed by atoms with Crippen LogP contribution in [0.3, 0.4) is 0 Å². The van der Waals surface area contributed by atoms with E-state index in [2.05, 4.69) is 10.4 Å². The highest BCUT2D eigenvalue weighted by molar-refractivity contribution is 5.86. The third-order valence-corrected chi connectivity index (χ3v) is 5.52. The summed E-state index contributed by atoms with van der Waals surface area (Å²) in [6.45, 7) is 1.19. The molecule has 31 heavy (non-hydrogen) atoms. The molecule has 0 spiro atoms. The second-order valence-electron chi connectivity index (χ2n) is 7.87. The summed E-state index contributed by atoms with van der Waals surface area (Å²) in [5.41, 5.74) is 3.52. The fourth-order valence-electron chi connectivity index (χ4n) is 3.93. The van der Waals surface area contributed by atoms with E-state index in [-0.39, 0.29) is 17.6 Å². The number of halogens is 1. The first-order valence-corrected chi connectivity index (χ1v) is 10.4. The van der Waals surface area contributed by atoms with Gasteiger partial charge in [0.05, 0.1) is 18.0 Å². The molecule has 1 aromatic heterocycles. The maximum absolute atomic E-state index is 13.1. The number of hydrogen-bond acceptors (Lipinski definition) is 3. The molecule has 160 valence electrons. The van der Waals surface area contributed by atoms with Crippen molar-refractivity contribution in [3.8, 4) is 0 Å². The smallest absolute Gasteiger partial charge is 0.231 e. The average molecular weight is 420 g/mol. The molecule has 0 saturated carbocycles. The monoisotopic (exact) mass is 420 g/mol. The largest absolute Gasteiger partial charge is 0.355 e. The maximum atomic E-state index is 13.1. The number of amides is 2. The number of nitrogens with zero attached hydrogens (tertiary/aromatic N) is 3. The lowest BCUT2D eigenvalue weighted by Gasteiger charge is -2.31. The summed E-state index contributed by atoms with van der Waals surface area (Å²) in [7, 11) is 1.82.